The van der Waals surface area contributed by atoms with Crippen molar-refractivity contribution in [3.63, 3.8) is 0 Å². The minimum absolute atomic E-state index is 0.0111. The number of carboxylic acid groups (broad SMARTS) is 1. The van der Waals surface area contributed by atoms with Gasteiger partial charge in [-0.3, -0.25) is 9.59 Å². The number of likely N-dealkylation sites (tertiary alicyclic amines) is 1. The second-order valence-corrected chi connectivity index (χ2v) is 5.96. The van der Waals surface area contributed by atoms with Gasteiger partial charge in [-0.2, -0.15) is 0 Å². The molecule has 0 aliphatic carbocycles. The predicted molar refractivity (Wildman–Crippen MR) is 67.9 cm³/mol. The molecule has 2 heterocycles. The molecule has 2 rings (SSSR count). The zero-order valence-corrected chi connectivity index (χ0v) is 11.6. The molecule has 1 aromatic rings. The summed E-state index contributed by atoms with van der Waals surface area (Å²) in [5, 5.41) is 11.1. The maximum atomic E-state index is 11.7. The largest absolute Gasteiger partial charge is 0.481 e. The molecule has 2 unspecified atom stereocenters. The van der Waals surface area contributed by atoms with Gasteiger partial charge in [-0.15, -0.1) is 11.3 Å². The molecule has 1 aliphatic heterocycles. The van der Waals surface area contributed by atoms with Gasteiger partial charge < -0.3 is 10.0 Å². The highest BCUT2D eigenvalue weighted by Crippen LogP contribution is 2.39. The third-order valence-electron chi connectivity index (χ3n) is 3.06. The smallest absolute Gasteiger partial charge is 0.308 e. The average Bonchev–Trinajstić information content (AvgIpc) is 2.68. The number of piperidine rings is 1. The second kappa shape index (κ2) is 4.78. The van der Waals surface area contributed by atoms with E-state index in [-0.39, 0.29) is 11.9 Å². The highest BCUT2D eigenvalue weighted by atomic mass is 79.9. The first kappa shape index (κ1) is 12.6. The number of thiophene rings is 1. The van der Waals surface area contributed by atoms with Crippen LogP contribution in [0.1, 0.15) is 23.8 Å². The van der Waals surface area contributed by atoms with Crippen LogP contribution in [-0.2, 0) is 9.59 Å². The molecule has 92 valence electrons. The van der Waals surface area contributed by atoms with Crippen molar-refractivity contribution >= 4 is 39.1 Å². The number of nitrogens with zero attached hydrogens (tertiary/aromatic N) is 1. The fraction of sp³-hybridized carbons (Fsp3) is 0.455. The van der Waals surface area contributed by atoms with E-state index in [2.05, 4.69) is 15.9 Å². The second-order valence-electron chi connectivity index (χ2n) is 4.10. The van der Waals surface area contributed by atoms with E-state index < -0.39 is 11.9 Å². The molecule has 1 saturated heterocycles. The summed E-state index contributed by atoms with van der Waals surface area (Å²) < 4.78 is 0.924. The van der Waals surface area contributed by atoms with Crippen LogP contribution in [0.25, 0.3) is 0 Å². The molecule has 1 amide bonds. The molecule has 0 spiro atoms. The Hall–Kier alpha value is -0.880. The van der Waals surface area contributed by atoms with Crippen LogP contribution < -0.4 is 0 Å². The van der Waals surface area contributed by atoms with Crippen molar-refractivity contribution in [1.29, 1.82) is 0 Å². The van der Waals surface area contributed by atoms with Gasteiger partial charge in [0.1, 0.15) is 0 Å². The zero-order valence-electron chi connectivity index (χ0n) is 9.22. The minimum Gasteiger partial charge on any atom is -0.481 e. The van der Waals surface area contributed by atoms with Crippen LogP contribution in [0.15, 0.2) is 15.9 Å². The van der Waals surface area contributed by atoms with Crippen LogP contribution in [0.4, 0.5) is 0 Å². The van der Waals surface area contributed by atoms with Crippen molar-refractivity contribution in [2.45, 2.75) is 18.9 Å². The standard InChI is InChI=1S/C11H12BrNO3S/c1-13-9(14)3-2-7(11(15)16)10(13)8-4-6(12)5-17-8/h4-5,7,10H,2-3H2,1H3,(H,15,16). The summed E-state index contributed by atoms with van der Waals surface area (Å²) >= 11 is 4.83. The number of hydrogen-bond acceptors (Lipinski definition) is 3. The molecule has 2 atom stereocenters. The Morgan fingerprint density at radius 2 is 2.35 bits per heavy atom. The normalized spacial score (nSPS) is 25.1. The summed E-state index contributed by atoms with van der Waals surface area (Å²) in [5.41, 5.74) is 0. The van der Waals surface area contributed by atoms with E-state index in [1.807, 2.05) is 11.4 Å². The van der Waals surface area contributed by atoms with Crippen molar-refractivity contribution in [2.75, 3.05) is 7.05 Å². The third kappa shape index (κ3) is 2.37. The lowest BCUT2D eigenvalue weighted by molar-refractivity contribution is -0.150. The Kier molecular flexibility index (Phi) is 3.53. The fourth-order valence-electron chi connectivity index (χ4n) is 2.17. The number of carbonyl (C=O) groups is 2. The molecule has 1 N–H and O–H groups in total. The number of halogens is 1. The summed E-state index contributed by atoms with van der Waals surface area (Å²) in [6, 6.07) is 1.55. The van der Waals surface area contributed by atoms with Gasteiger partial charge in [0, 0.05) is 28.2 Å². The summed E-state index contributed by atoms with van der Waals surface area (Å²) in [6.07, 6.45) is 0.731. The van der Waals surface area contributed by atoms with E-state index in [4.69, 9.17) is 0 Å². The van der Waals surface area contributed by atoms with E-state index >= 15 is 0 Å². The number of rotatable bonds is 2. The highest BCUT2D eigenvalue weighted by molar-refractivity contribution is 9.10. The summed E-state index contributed by atoms with van der Waals surface area (Å²) in [5.74, 6) is -1.33. The molecule has 17 heavy (non-hydrogen) atoms. The number of aliphatic carboxylic acids is 1. The van der Waals surface area contributed by atoms with Gasteiger partial charge in [-0.25, -0.2) is 0 Å². The molecular weight excluding hydrogens is 306 g/mol. The van der Waals surface area contributed by atoms with E-state index in [1.54, 1.807) is 11.9 Å². The van der Waals surface area contributed by atoms with E-state index in [9.17, 15) is 14.7 Å². The first-order valence-electron chi connectivity index (χ1n) is 5.23. The van der Waals surface area contributed by atoms with Gasteiger partial charge in [0.25, 0.3) is 0 Å². The van der Waals surface area contributed by atoms with Crippen LogP contribution in [-0.4, -0.2) is 28.9 Å². The number of carboxylic acids is 1. The van der Waals surface area contributed by atoms with Gasteiger partial charge in [-0.1, -0.05) is 0 Å². The van der Waals surface area contributed by atoms with Gasteiger partial charge in [-0.05, 0) is 28.4 Å². The summed E-state index contributed by atoms with van der Waals surface area (Å²) in [4.78, 5) is 25.4. The lowest BCUT2D eigenvalue weighted by Gasteiger charge is -2.36. The minimum atomic E-state index is -0.834. The molecule has 4 nitrogen and oxygen atoms in total. The van der Waals surface area contributed by atoms with Gasteiger partial charge in [0.15, 0.2) is 0 Å². The molecule has 0 saturated carbocycles. The molecular formula is C11H12BrNO3S. The average molecular weight is 318 g/mol. The van der Waals surface area contributed by atoms with Gasteiger partial charge in [0.05, 0.1) is 12.0 Å². The Bertz CT molecular complexity index is 459. The third-order valence-corrected chi connectivity index (χ3v) is 4.82. The van der Waals surface area contributed by atoms with Crippen molar-refractivity contribution in [2.24, 2.45) is 5.92 Å². The van der Waals surface area contributed by atoms with Crippen LogP contribution in [0, 0.1) is 5.92 Å². The molecule has 0 radical (unpaired) electrons. The molecule has 0 bridgehead atoms. The quantitative estimate of drug-likeness (QED) is 0.911. The maximum absolute atomic E-state index is 11.7. The van der Waals surface area contributed by atoms with Gasteiger partial charge in [0.2, 0.25) is 5.91 Å². The molecule has 0 aromatic carbocycles. The monoisotopic (exact) mass is 317 g/mol. The SMILES string of the molecule is CN1C(=O)CCC(C(=O)O)C1c1cc(Br)cs1. The van der Waals surface area contributed by atoms with Crippen molar-refractivity contribution < 1.29 is 14.7 Å². The van der Waals surface area contributed by atoms with Crippen molar-refractivity contribution in [3.05, 3.63) is 20.8 Å². The van der Waals surface area contributed by atoms with Crippen LogP contribution in [0.2, 0.25) is 0 Å². The first-order chi connectivity index (χ1) is 8.00. The van der Waals surface area contributed by atoms with E-state index in [1.165, 1.54) is 11.3 Å². The number of carbonyl (C=O) groups excluding carboxylic acids is 1. The maximum Gasteiger partial charge on any atom is 0.308 e. The topological polar surface area (TPSA) is 57.6 Å². The highest BCUT2D eigenvalue weighted by Gasteiger charge is 2.39. The Labute approximate surface area is 111 Å². The molecule has 1 fully saturated rings. The number of hydrogen-bond donors (Lipinski definition) is 1. The van der Waals surface area contributed by atoms with Crippen molar-refractivity contribution in [1.82, 2.24) is 4.90 Å². The fourth-order valence-corrected chi connectivity index (χ4v) is 3.82. The first-order valence-corrected chi connectivity index (χ1v) is 6.90. The predicted octanol–water partition coefficient (Wildman–Crippen LogP) is 2.50. The Balaban J connectivity index is 2.36. The number of amides is 1. The summed E-state index contributed by atoms with van der Waals surface area (Å²) in [6.45, 7) is 0. The Morgan fingerprint density at radius 1 is 1.65 bits per heavy atom. The lowest BCUT2D eigenvalue weighted by atomic mass is 9.88. The molecule has 1 aliphatic rings. The Morgan fingerprint density at radius 3 is 2.88 bits per heavy atom. The van der Waals surface area contributed by atoms with Crippen LogP contribution in [0.3, 0.4) is 0 Å². The molecule has 1 aromatic heterocycles. The van der Waals surface area contributed by atoms with E-state index in [0.717, 1.165) is 9.35 Å². The van der Waals surface area contributed by atoms with Crippen molar-refractivity contribution in [3.8, 4) is 0 Å². The van der Waals surface area contributed by atoms with Gasteiger partial charge >= 0.3 is 5.97 Å². The van der Waals surface area contributed by atoms with Crippen LogP contribution in [0.5, 0.6) is 0 Å². The lowest BCUT2D eigenvalue weighted by Crippen LogP contribution is -2.42. The zero-order chi connectivity index (χ0) is 12.6. The molecule has 6 heteroatoms. The van der Waals surface area contributed by atoms with E-state index in [0.29, 0.717) is 12.8 Å². The summed E-state index contributed by atoms with van der Waals surface area (Å²) in [7, 11) is 1.68. The van der Waals surface area contributed by atoms with Crippen LogP contribution >= 0.6 is 27.3 Å².